The molecule has 1 aliphatic rings. The summed E-state index contributed by atoms with van der Waals surface area (Å²) in [5, 5.41) is 15.3. The Bertz CT molecular complexity index is 574. The van der Waals surface area contributed by atoms with Gasteiger partial charge < -0.3 is 5.32 Å². The summed E-state index contributed by atoms with van der Waals surface area (Å²) in [6.07, 6.45) is 0. The predicted octanol–water partition coefficient (Wildman–Crippen LogP) is 1.10. The fourth-order valence-corrected chi connectivity index (χ4v) is 1.50. The summed E-state index contributed by atoms with van der Waals surface area (Å²) in [6, 6.07) is 0.951. The van der Waals surface area contributed by atoms with Gasteiger partial charge in [-0.1, -0.05) is 11.6 Å². The number of amides is 2. The molecule has 2 amide bonds. The van der Waals surface area contributed by atoms with Crippen LogP contribution in [0.1, 0.15) is 0 Å². The van der Waals surface area contributed by atoms with Crippen LogP contribution < -0.4 is 10.6 Å². The number of nitro groups is 1. The smallest absolute Gasteiger partial charge is 0.315 e. The Hall–Kier alpha value is -2.22. The van der Waals surface area contributed by atoms with E-state index in [1.165, 1.54) is 0 Å². The second-order valence-corrected chi connectivity index (χ2v) is 3.45. The number of carbonyl (C=O) groups excluding carboxylic acids is 2. The summed E-state index contributed by atoms with van der Waals surface area (Å²) in [6.45, 7) is 0. The Morgan fingerprint density at radius 3 is 2.71 bits per heavy atom. The highest BCUT2D eigenvalue weighted by atomic mass is 35.5. The molecule has 2 rings (SSSR count). The van der Waals surface area contributed by atoms with Crippen LogP contribution >= 0.6 is 11.6 Å². The van der Waals surface area contributed by atoms with Crippen molar-refractivity contribution < 1.29 is 18.9 Å². The maximum atomic E-state index is 13.4. The van der Waals surface area contributed by atoms with Crippen molar-refractivity contribution in [1.82, 2.24) is 5.32 Å². The van der Waals surface area contributed by atoms with Crippen LogP contribution in [0, 0.1) is 15.9 Å². The Labute approximate surface area is 97.7 Å². The van der Waals surface area contributed by atoms with Crippen molar-refractivity contribution in [2.75, 3.05) is 5.32 Å². The molecule has 7 nitrogen and oxygen atoms in total. The van der Waals surface area contributed by atoms with E-state index >= 15 is 0 Å². The molecule has 1 heterocycles. The van der Waals surface area contributed by atoms with Gasteiger partial charge in [0.15, 0.2) is 5.69 Å². The molecule has 17 heavy (non-hydrogen) atoms. The van der Waals surface area contributed by atoms with Crippen molar-refractivity contribution in [2.24, 2.45) is 0 Å². The molecular formula is C8H2ClFN3O4. The predicted molar refractivity (Wildman–Crippen MR) is 53.5 cm³/mol. The summed E-state index contributed by atoms with van der Waals surface area (Å²) in [5.41, 5.74) is -1.75. The molecule has 87 valence electrons. The standard InChI is InChI=1S/C8H2ClFN3O4/c9-2-1-3-5(6(4(2)10)13(16)17)12-8(15)7(14)11-3/h1H,(H,11,14). The molecule has 0 aliphatic carbocycles. The van der Waals surface area contributed by atoms with Gasteiger partial charge in [-0.3, -0.25) is 19.7 Å². The molecule has 1 aliphatic heterocycles. The minimum atomic E-state index is -1.30. The van der Waals surface area contributed by atoms with E-state index in [1.54, 1.807) is 0 Å². The number of hydrogen-bond donors (Lipinski definition) is 1. The minimum Gasteiger partial charge on any atom is -0.315 e. The van der Waals surface area contributed by atoms with E-state index in [1.807, 2.05) is 5.32 Å². The van der Waals surface area contributed by atoms with Crippen molar-refractivity contribution in [3.8, 4) is 0 Å². The molecule has 1 radical (unpaired) electrons. The molecule has 0 spiro atoms. The number of nitrogens with zero attached hydrogens (tertiary/aromatic N) is 2. The topological polar surface area (TPSA) is 103 Å². The second kappa shape index (κ2) is 3.67. The summed E-state index contributed by atoms with van der Waals surface area (Å²) >= 11 is 5.42. The van der Waals surface area contributed by atoms with Crippen molar-refractivity contribution in [2.45, 2.75) is 0 Å². The average Bonchev–Trinajstić information content (AvgIpc) is 2.23. The van der Waals surface area contributed by atoms with E-state index in [9.17, 15) is 24.1 Å². The Kier molecular flexibility index (Phi) is 2.43. The van der Waals surface area contributed by atoms with Gasteiger partial charge >= 0.3 is 17.5 Å². The number of anilines is 1. The lowest BCUT2D eigenvalue weighted by Crippen LogP contribution is -2.33. The van der Waals surface area contributed by atoms with E-state index in [2.05, 4.69) is 5.32 Å². The van der Waals surface area contributed by atoms with Gasteiger partial charge in [0.05, 0.1) is 15.6 Å². The number of halogens is 2. The summed E-state index contributed by atoms with van der Waals surface area (Å²) in [7, 11) is 0. The minimum absolute atomic E-state index is 0.173. The first-order valence-electron chi connectivity index (χ1n) is 4.15. The lowest BCUT2D eigenvalue weighted by molar-refractivity contribution is -0.386. The molecule has 1 aromatic carbocycles. The lowest BCUT2D eigenvalue weighted by Gasteiger charge is -2.15. The summed E-state index contributed by atoms with van der Waals surface area (Å²) < 4.78 is 13.4. The van der Waals surface area contributed by atoms with E-state index in [4.69, 9.17) is 11.6 Å². The largest absolute Gasteiger partial charge is 0.336 e. The molecule has 1 aromatic rings. The van der Waals surface area contributed by atoms with Crippen molar-refractivity contribution in [3.05, 3.63) is 27.0 Å². The van der Waals surface area contributed by atoms with Crippen LogP contribution in [0.25, 0.3) is 0 Å². The van der Waals surface area contributed by atoms with Gasteiger partial charge in [-0.05, 0) is 6.07 Å². The van der Waals surface area contributed by atoms with Crippen molar-refractivity contribution >= 4 is 40.5 Å². The van der Waals surface area contributed by atoms with Crippen LogP contribution in [-0.2, 0) is 9.59 Å². The SMILES string of the molecule is O=C1[N]c2c(cc(Cl)c(F)c2[N+](=O)[O-])NC1=O. The van der Waals surface area contributed by atoms with Crippen molar-refractivity contribution in [1.29, 1.82) is 0 Å². The molecule has 0 aromatic heterocycles. The van der Waals surface area contributed by atoms with E-state index in [0.29, 0.717) is 0 Å². The Morgan fingerprint density at radius 2 is 2.12 bits per heavy atom. The molecule has 0 fully saturated rings. The third-order valence-corrected chi connectivity index (χ3v) is 2.28. The van der Waals surface area contributed by atoms with Crippen LogP contribution in [0.5, 0.6) is 0 Å². The molecule has 0 atom stereocenters. The van der Waals surface area contributed by atoms with Crippen LogP contribution in [0.15, 0.2) is 6.07 Å². The monoisotopic (exact) mass is 258 g/mol. The normalized spacial score (nSPS) is 13.8. The lowest BCUT2D eigenvalue weighted by atomic mass is 10.2. The first kappa shape index (κ1) is 11.3. The zero-order valence-corrected chi connectivity index (χ0v) is 8.62. The summed E-state index contributed by atoms with van der Waals surface area (Å²) in [4.78, 5) is 31.5. The quantitative estimate of drug-likeness (QED) is 0.463. The highest BCUT2D eigenvalue weighted by Crippen LogP contribution is 2.40. The maximum absolute atomic E-state index is 13.4. The number of nitrogens with one attached hydrogen (secondary N) is 1. The number of benzene rings is 1. The van der Waals surface area contributed by atoms with Crippen LogP contribution in [-0.4, -0.2) is 16.7 Å². The Balaban J connectivity index is 2.72. The fourth-order valence-electron chi connectivity index (χ4n) is 1.31. The van der Waals surface area contributed by atoms with Gasteiger partial charge in [-0.25, -0.2) is 0 Å². The van der Waals surface area contributed by atoms with E-state index in [-0.39, 0.29) is 5.69 Å². The number of rotatable bonds is 1. The average molecular weight is 259 g/mol. The highest BCUT2D eigenvalue weighted by Gasteiger charge is 2.35. The molecule has 0 saturated carbocycles. The molecule has 0 bridgehead atoms. The number of nitro benzene ring substituents is 1. The zero-order valence-electron chi connectivity index (χ0n) is 7.86. The number of carbonyl (C=O) groups is 2. The van der Waals surface area contributed by atoms with Gasteiger partial charge in [0.25, 0.3) is 0 Å². The van der Waals surface area contributed by atoms with Crippen LogP contribution in [0.2, 0.25) is 5.02 Å². The third-order valence-electron chi connectivity index (χ3n) is 2.01. The van der Waals surface area contributed by atoms with E-state index in [0.717, 1.165) is 6.07 Å². The second-order valence-electron chi connectivity index (χ2n) is 3.05. The summed E-state index contributed by atoms with van der Waals surface area (Å²) in [5.74, 6) is -3.60. The zero-order chi connectivity index (χ0) is 12.7. The van der Waals surface area contributed by atoms with E-state index < -0.39 is 39.0 Å². The van der Waals surface area contributed by atoms with Gasteiger partial charge in [0.2, 0.25) is 5.82 Å². The first-order chi connectivity index (χ1) is 7.91. The van der Waals surface area contributed by atoms with Crippen LogP contribution in [0.3, 0.4) is 0 Å². The maximum Gasteiger partial charge on any atom is 0.336 e. The number of fused-ring (bicyclic) bond motifs is 1. The molecule has 0 saturated heterocycles. The molecule has 0 unspecified atom stereocenters. The Morgan fingerprint density at radius 1 is 1.47 bits per heavy atom. The van der Waals surface area contributed by atoms with Gasteiger partial charge in [-0.15, -0.1) is 0 Å². The first-order valence-corrected chi connectivity index (χ1v) is 4.53. The number of hydrogen-bond acceptors (Lipinski definition) is 4. The molecule has 1 N–H and O–H groups in total. The molecular weight excluding hydrogens is 257 g/mol. The fraction of sp³-hybridized carbons (Fsp3) is 0. The van der Waals surface area contributed by atoms with Gasteiger partial charge in [-0.2, -0.15) is 9.71 Å². The van der Waals surface area contributed by atoms with Gasteiger partial charge in [0.1, 0.15) is 0 Å². The van der Waals surface area contributed by atoms with Crippen molar-refractivity contribution in [3.63, 3.8) is 0 Å². The van der Waals surface area contributed by atoms with Gasteiger partial charge in [0, 0.05) is 0 Å². The third kappa shape index (κ3) is 1.68. The highest BCUT2D eigenvalue weighted by molar-refractivity contribution is 6.43. The van der Waals surface area contributed by atoms with Crippen LogP contribution in [0.4, 0.5) is 21.5 Å². The molecule has 9 heteroatoms.